The average molecular weight is 519 g/mol. The molecule has 0 bridgehead atoms. The van der Waals surface area contributed by atoms with Gasteiger partial charge in [-0.15, -0.1) is 0 Å². The molecule has 0 saturated carbocycles. The molecule has 174 valence electrons. The predicted octanol–water partition coefficient (Wildman–Crippen LogP) is 3.97. The highest BCUT2D eigenvalue weighted by molar-refractivity contribution is 7.98. The predicted molar refractivity (Wildman–Crippen MR) is 130 cm³/mol. The summed E-state index contributed by atoms with van der Waals surface area (Å²) >= 11 is 13.6. The number of carbonyl (C=O) groups excluding carboxylic acids is 1. The zero-order valence-corrected chi connectivity index (χ0v) is 20.8. The number of sulfonamides is 1. The Hall–Kier alpha value is -1.81. The lowest BCUT2D eigenvalue weighted by Crippen LogP contribution is -2.48. The van der Waals surface area contributed by atoms with Crippen molar-refractivity contribution in [3.05, 3.63) is 52.0 Å². The summed E-state index contributed by atoms with van der Waals surface area (Å²) in [5, 5.41) is 3.82. The van der Waals surface area contributed by atoms with E-state index in [0.29, 0.717) is 52.7 Å². The van der Waals surface area contributed by atoms with Crippen LogP contribution in [-0.2, 0) is 20.6 Å². The van der Waals surface area contributed by atoms with Gasteiger partial charge in [0.1, 0.15) is 19.3 Å². The van der Waals surface area contributed by atoms with Gasteiger partial charge in [0.25, 0.3) is 0 Å². The normalized spacial score (nSPS) is 14.0. The molecule has 1 amide bonds. The summed E-state index contributed by atoms with van der Waals surface area (Å²) in [6.45, 7) is 2.76. The Morgan fingerprint density at radius 1 is 1.12 bits per heavy atom. The van der Waals surface area contributed by atoms with Crippen LogP contribution in [-0.4, -0.2) is 52.1 Å². The number of thioether (sulfide) groups is 1. The van der Waals surface area contributed by atoms with Crippen LogP contribution < -0.4 is 19.1 Å². The standard InChI is InChI=1S/C21H24Cl2N2O5S2/c1-14(21(26)24-7-10-31-13-15-3-5-17(22)18(23)11-15)25(32(2,27)28)16-4-6-19-20(12-16)30-9-8-29-19/h3-6,11-12,14H,7-10,13H2,1-2H3,(H,24,26)/t14-/m1/s1. The Labute approximate surface area is 202 Å². The second-order valence-corrected chi connectivity index (χ2v) is 10.9. The van der Waals surface area contributed by atoms with E-state index in [-0.39, 0.29) is 5.91 Å². The van der Waals surface area contributed by atoms with Crippen molar-refractivity contribution in [1.29, 1.82) is 0 Å². The van der Waals surface area contributed by atoms with E-state index in [4.69, 9.17) is 32.7 Å². The van der Waals surface area contributed by atoms with Gasteiger partial charge in [0, 0.05) is 24.1 Å². The first-order valence-electron chi connectivity index (χ1n) is 9.85. The van der Waals surface area contributed by atoms with Gasteiger partial charge < -0.3 is 14.8 Å². The number of ether oxygens (including phenoxy) is 2. The minimum absolute atomic E-state index is 0.341. The fourth-order valence-corrected chi connectivity index (χ4v) is 5.48. The van der Waals surface area contributed by atoms with E-state index in [1.165, 1.54) is 0 Å². The molecule has 0 aliphatic carbocycles. The molecule has 32 heavy (non-hydrogen) atoms. The van der Waals surface area contributed by atoms with Crippen LogP contribution in [0.1, 0.15) is 12.5 Å². The summed E-state index contributed by atoms with van der Waals surface area (Å²) in [5.74, 6) is 1.98. The number of amides is 1. The van der Waals surface area contributed by atoms with E-state index in [2.05, 4.69) is 5.32 Å². The Morgan fingerprint density at radius 3 is 2.53 bits per heavy atom. The van der Waals surface area contributed by atoms with Gasteiger partial charge in [-0.25, -0.2) is 8.42 Å². The Morgan fingerprint density at radius 2 is 1.84 bits per heavy atom. The Balaban J connectivity index is 1.57. The number of halogens is 2. The topological polar surface area (TPSA) is 84.9 Å². The van der Waals surface area contributed by atoms with Crippen molar-refractivity contribution in [3.63, 3.8) is 0 Å². The molecule has 0 radical (unpaired) electrons. The third-order valence-electron chi connectivity index (χ3n) is 4.67. The molecular formula is C21H24Cl2N2O5S2. The quantitative estimate of drug-likeness (QED) is 0.505. The first-order valence-corrected chi connectivity index (χ1v) is 13.6. The zero-order chi connectivity index (χ0) is 23.3. The molecule has 0 fully saturated rings. The number of hydrogen-bond acceptors (Lipinski definition) is 6. The number of carbonyl (C=O) groups is 1. The number of fused-ring (bicyclic) bond motifs is 1. The minimum atomic E-state index is -3.72. The summed E-state index contributed by atoms with van der Waals surface area (Å²) in [4.78, 5) is 12.7. The van der Waals surface area contributed by atoms with Crippen LogP contribution in [0.3, 0.4) is 0 Å². The first kappa shape index (κ1) is 24.8. The molecule has 3 rings (SSSR count). The zero-order valence-electron chi connectivity index (χ0n) is 17.6. The van der Waals surface area contributed by atoms with Crippen LogP contribution in [0, 0.1) is 0 Å². The van der Waals surface area contributed by atoms with Gasteiger partial charge in [-0.1, -0.05) is 29.3 Å². The number of nitrogens with zero attached hydrogens (tertiary/aromatic N) is 1. The van der Waals surface area contributed by atoms with Crippen molar-refractivity contribution in [2.45, 2.75) is 18.7 Å². The highest BCUT2D eigenvalue weighted by atomic mass is 35.5. The van der Waals surface area contributed by atoms with E-state index in [1.54, 1.807) is 43.0 Å². The van der Waals surface area contributed by atoms with Gasteiger partial charge in [0.05, 0.1) is 22.0 Å². The number of nitrogens with one attached hydrogen (secondary N) is 1. The molecule has 7 nitrogen and oxygen atoms in total. The molecule has 1 aliphatic heterocycles. The van der Waals surface area contributed by atoms with Crippen molar-refractivity contribution in [1.82, 2.24) is 5.32 Å². The van der Waals surface area contributed by atoms with Gasteiger partial charge in [0.2, 0.25) is 15.9 Å². The second-order valence-electron chi connectivity index (χ2n) is 7.15. The second kappa shape index (κ2) is 10.9. The summed E-state index contributed by atoms with van der Waals surface area (Å²) in [6.07, 6.45) is 1.07. The van der Waals surface area contributed by atoms with Crippen LogP contribution in [0.4, 0.5) is 5.69 Å². The first-order chi connectivity index (χ1) is 15.2. The molecule has 1 N–H and O–H groups in total. The SMILES string of the molecule is C[C@H](C(=O)NCCSCc1ccc(Cl)c(Cl)c1)N(c1ccc2c(c1)OCCO2)S(C)(=O)=O. The third kappa shape index (κ3) is 6.37. The fourth-order valence-electron chi connectivity index (χ4n) is 3.19. The molecule has 1 heterocycles. The van der Waals surface area contributed by atoms with Crippen LogP contribution >= 0.6 is 35.0 Å². The number of rotatable bonds is 9. The molecular weight excluding hydrogens is 495 g/mol. The summed E-state index contributed by atoms with van der Waals surface area (Å²) in [5.41, 5.74) is 1.37. The molecule has 0 spiro atoms. The van der Waals surface area contributed by atoms with Gasteiger partial charge >= 0.3 is 0 Å². The molecule has 1 atom stereocenters. The lowest BCUT2D eigenvalue weighted by molar-refractivity contribution is -0.121. The van der Waals surface area contributed by atoms with E-state index >= 15 is 0 Å². The minimum Gasteiger partial charge on any atom is -0.486 e. The van der Waals surface area contributed by atoms with Crippen molar-refractivity contribution >= 4 is 56.6 Å². The van der Waals surface area contributed by atoms with E-state index < -0.39 is 16.1 Å². The molecule has 1 aliphatic rings. The van der Waals surface area contributed by atoms with Gasteiger partial charge in [-0.3, -0.25) is 9.10 Å². The smallest absolute Gasteiger partial charge is 0.243 e. The van der Waals surface area contributed by atoms with Crippen molar-refractivity contribution in [3.8, 4) is 11.5 Å². The lowest BCUT2D eigenvalue weighted by Gasteiger charge is -2.29. The number of hydrogen-bond donors (Lipinski definition) is 1. The largest absolute Gasteiger partial charge is 0.486 e. The van der Waals surface area contributed by atoms with E-state index in [0.717, 1.165) is 21.9 Å². The lowest BCUT2D eigenvalue weighted by atomic mass is 10.2. The molecule has 2 aromatic rings. The number of anilines is 1. The van der Waals surface area contributed by atoms with Crippen LogP contribution in [0.2, 0.25) is 10.0 Å². The van der Waals surface area contributed by atoms with Gasteiger partial charge in [0.15, 0.2) is 11.5 Å². The summed E-state index contributed by atoms with van der Waals surface area (Å²) in [7, 11) is -3.72. The Kier molecular flexibility index (Phi) is 8.43. The summed E-state index contributed by atoms with van der Waals surface area (Å²) in [6, 6.07) is 9.35. The van der Waals surface area contributed by atoms with E-state index in [1.807, 2.05) is 12.1 Å². The molecule has 2 aromatic carbocycles. The van der Waals surface area contributed by atoms with Crippen LogP contribution in [0.15, 0.2) is 36.4 Å². The maximum absolute atomic E-state index is 12.7. The molecule has 0 aromatic heterocycles. The summed E-state index contributed by atoms with van der Waals surface area (Å²) < 4.78 is 37.1. The monoisotopic (exact) mass is 518 g/mol. The van der Waals surface area contributed by atoms with Crippen molar-refractivity contribution < 1.29 is 22.7 Å². The maximum atomic E-state index is 12.7. The van der Waals surface area contributed by atoms with E-state index in [9.17, 15) is 13.2 Å². The number of benzene rings is 2. The highest BCUT2D eigenvalue weighted by Gasteiger charge is 2.30. The third-order valence-corrected chi connectivity index (χ3v) is 7.68. The van der Waals surface area contributed by atoms with Crippen molar-refractivity contribution in [2.24, 2.45) is 0 Å². The van der Waals surface area contributed by atoms with Crippen molar-refractivity contribution in [2.75, 3.05) is 36.1 Å². The highest BCUT2D eigenvalue weighted by Crippen LogP contribution is 2.35. The average Bonchev–Trinajstić information content (AvgIpc) is 2.74. The van der Waals surface area contributed by atoms with Gasteiger partial charge in [-0.05, 0) is 36.8 Å². The van der Waals surface area contributed by atoms with Crippen LogP contribution in [0.25, 0.3) is 0 Å². The molecule has 0 saturated heterocycles. The maximum Gasteiger partial charge on any atom is 0.243 e. The Bertz CT molecular complexity index is 1080. The van der Waals surface area contributed by atoms with Crippen LogP contribution in [0.5, 0.6) is 11.5 Å². The van der Waals surface area contributed by atoms with Gasteiger partial charge in [-0.2, -0.15) is 11.8 Å². The molecule has 0 unspecified atom stereocenters. The fraction of sp³-hybridized carbons (Fsp3) is 0.381. The molecule has 11 heteroatoms.